The van der Waals surface area contributed by atoms with Crippen molar-refractivity contribution in [3.8, 4) is 0 Å². The molecule has 0 saturated carbocycles. The van der Waals surface area contributed by atoms with Crippen molar-refractivity contribution in [1.82, 2.24) is 0 Å². The van der Waals surface area contributed by atoms with E-state index in [2.05, 4.69) is 26.0 Å². The molecule has 1 saturated heterocycles. The van der Waals surface area contributed by atoms with Gasteiger partial charge in [-0.25, -0.2) is 0 Å². The highest BCUT2D eigenvalue weighted by Gasteiger charge is 2.27. The van der Waals surface area contributed by atoms with Crippen molar-refractivity contribution < 1.29 is 4.79 Å². The molecular formula is C16H23OS+. The van der Waals surface area contributed by atoms with Crippen molar-refractivity contribution in [1.29, 1.82) is 0 Å². The predicted molar refractivity (Wildman–Crippen MR) is 80.7 cm³/mol. The van der Waals surface area contributed by atoms with Gasteiger partial charge in [0, 0.05) is 5.56 Å². The van der Waals surface area contributed by atoms with Gasteiger partial charge in [0.15, 0.2) is 5.75 Å². The Hall–Kier alpha value is -0.760. The summed E-state index contributed by atoms with van der Waals surface area (Å²) < 4.78 is 0. The van der Waals surface area contributed by atoms with Crippen LogP contribution in [0.2, 0.25) is 0 Å². The standard InChI is InChI=1S/C16H23OS/c1-3-13(2)14-6-8-15(9-7-14)16(17)12-18-10-4-5-11-18/h6-9,13H,3-5,10-12H2,1-2H3/q+1. The second-order valence-corrected chi connectivity index (χ2v) is 7.56. The van der Waals surface area contributed by atoms with E-state index in [1.165, 1.54) is 29.9 Å². The van der Waals surface area contributed by atoms with Gasteiger partial charge < -0.3 is 0 Å². The van der Waals surface area contributed by atoms with E-state index in [9.17, 15) is 4.79 Å². The third-order valence-electron chi connectivity index (χ3n) is 3.87. The van der Waals surface area contributed by atoms with Crippen LogP contribution in [0.4, 0.5) is 0 Å². The first kappa shape index (κ1) is 13.7. The molecule has 98 valence electrons. The molecule has 0 N–H and O–H groups in total. The Bertz CT molecular complexity index is 390. The van der Waals surface area contributed by atoms with Gasteiger partial charge >= 0.3 is 0 Å². The molecule has 1 unspecified atom stereocenters. The van der Waals surface area contributed by atoms with Gasteiger partial charge in [-0.05, 0) is 41.6 Å². The summed E-state index contributed by atoms with van der Waals surface area (Å²) in [6.07, 6.45) is 3.80. The van der Waals surface area contributed by atoms with Gasteiger partial charge in [0.25, 0.3) is 0 Å². The van der Waals surface area contributed by atoms with E-state index >= 15 is 0 Å². The number of Topliss-reactive ketones (excluding diaryl/α,β-unsaturated/α-hetero) is 1. The quantitative estimate of drug-likeness (QED) is 0.583. The van der Waals surface area contributed by atoms with E-state index < -0.39 is 0 Å². The molecule has 1 aromatic rings. The van der Waals surface area contributed by atoms with Crippen molar-refractivity contribution in [2.24, 2.45) is 0 Å². The molecule has 0 spiro atoms. The maximum absolute atomic E-state index is 12.2. The van der Waals surface area contributed by atoms with Gasteiger partial charge in [-0.2, -0.15) is 0 Å². The number of carbonyl (C=O) groups is 1. The highest BCUT2D eigenvalue weighted by molar-refractivity contribution is 7.97. The smallest absolute Gasteiger partial charge is 0.211 e. The SMILES string of the molecule is CCC(C)c1ccc(C(=O)C[S+]2CCCC2)cc1. The summed E-state index contributed by atoms with van der Waals surface area (Å²) in [5, 5.41) is 0. The Balaban J connectivity index is 1.97. The number of ketones is 1. The maximum atomic E-state index is 12.2. The van der Waals surface area contributed by atoms with E-state index in [0.29, 0.717) is 22.6 Å². The lowest BCUT2D eigenvalue weighted by Gasteiger charge is -2.09. The zero-order chi connectivity index (χ0) is 13.0. The van der Waals surface area contributed by atoms with E-state index in [4.69, 9.17) is 0 Å². The highest BCUT2D eigenvalue weighted by Crippen LogP contribution is 2.20. The highest BCUT2D eigenvalue weighted by atomic mass is 32.2. The van der Waals surface area contributed by atoms with E-state index in [1.54, 1.807) is 0 Å². The molecule has 0 amide bonds. The average molecular weight is 263 g/mol. The fraction of sp³-hybridized carbons (Fsp3) is 0.562. The summed E-state index contributed by atoms with van der Waals surface area (Å²) in [6, 6.07) is 8.28. The number of hydrogen-bond acceptors (Lipinski definition) is 1. The van der Waals surface area contributed by atoms with Crippen molar-refractivity contribution >= 4 is 16.7 Å². The molecule has 0 aliphatic carbocycles. The Morgan fingerprint density at radius 3 is 2.39 bits per heavy atom. The van der Waals surface area contributed by atoms with Crippen LogP contribution in [0.15, 0.2) is 24.3 Å². The van der Waals surface area contributed by atoms with Crippen LogP contribution in [-0.2, 0) is 10.9 Å². The lowest BCUT2D eigenvalue weighted by atomic mass is 9.97. The molecular weight excluding hydrogens is 240 g/mol. The molecule has 2 heteroatoms. The van der Waals surface area contributed by atoms with Crippen LogP contribution >= 0.6 is 0 Å². The van der Waals surface area contributed by atoms with Crippen LogP contribution in [0.3, 0.4) is 0 Å². The number of benzene rings is 1. The number of rotatable bonds is 5. The van der Waals surface area contributed by atoms with Crippen molar-refractivity contribution in [2.45, 2.75) is 39.0 Å². The summed E-state index contributed by atoms with van der Waals surface area (Å²) in [6.45, 7) is 4.43. The first-order valence-corrected chi connectivity index (χ1v) is 8.71. The summed E-state index contributed by atoms with van der Waals surface area (Å²) in [7, 11) is 0.377. The average Bonchev–Trinajstić information content (AvgIpc) is 2.91. The van der Waals surface area contributed by atoms with Gasteiger partial charge in [0.05, 0.1) is 0 Å². The number of hydrogen-bond donors (Lipinski definition) is 0. The summed E-state index contributed by atoms with van der Waals surface area (Å²) in [5.41, 5.74) is 2.25. The van der Waals surface area contributed by atoms with Crippen LogP contribution in [0.25, 0.3) is 0 Å². The third kappa shape index (κ3) is 3.38. The van der Waals surface area contributed by atoms with Crippen LogP contribution in [0.1, 0.15) is 54.9 Å². The minimum atomic E-state index is 0.343. The summed E-state index contributed by atoms with van der Waals surface area (Å²) in [5.74, 6) is 4.26. The van der Waals surface area contributed by atoms with Crippen molar-refractivity contribution in [3.05, 3.63) is 35.4 Å². The van der Waals surface area contributed by atoms with Crippen LogP contribution in [0, 0.1) is 0 Å². The van der Waals surface area contributed by atoms with Crippen LogP contribution < -0.4 is 0 Å². The Kier molecular flexibility index (Phi) is 4.87. The zero-order valence-corrected chi connectivity index (χ0v) is 12.3. The van der Waals surface area contributed by atoms with Crippen molar-refractivity contribution in [2.75, 3.05) is 17.3 Å². The molecule has 0 radical (unpaired) electrons. The van der Waals surface area contributed by atoms with E-state index in [1.807, 2.05) is 12.1 Å². The third-order valence-corrected chi connectivity index (χ3v) is 6.27. The second kappa shape index (κ2) is 6.42. The second-order valence-electron chi connectivity index (χ2n) is 5.23. The molecule has 1 fully saturated rings. The Labute approximate surface area is 113 Å². The van der Waals surface area contributed by atoms with Gasteiger partial charge in [-0.1, -0.05) is 38.1 Å². The molecule has 2 rings (SSSR count). The molecule has 1 atom stereocenters. The number of carbonyl (C=O) groups excluding carboxylic acids is 1. The van der Waals surface area contributed by atoms with Gasteiger partial charge in [-0.3, -0.25) is 4.79 Å². The molecule has 1 aliphatic rings. The van der Waals surface area contributed by atoms with Gasteiger partial charge in [0.2, 0.25) is 5.78 Å². The molecule has 0 bridgehead atoms. The minimum absolute atomic E-state index is 0.343. The lowest BCUT2D eigenvalue weighted by molar-refractivity contribution is 0.102. The monoisotopic (exact) mass is 263 g/mol. The van der Waals surface area contributed by atoms with Crippen molar-refractivity contribution in [3.63, 3.8) is 0 Å². The molecule has 1 aliphatic heterocycles. The summed E-state index contributed by atoms with van der Waals surface area (Å²) in [4.78, 5) is 12.2. The molecule has 1 heterocycles. The minimum Gasteiger partial charge on any atom is -0.289 e. The van der Waals surface area contributed by atoms with Gasteiger partial charge in [-0.15, -0.1) is 0 Å². The molecule has 0 aromatic heterocycles. The topological polar surface area (TPSA) is 17.1 Å². The maximum Gasteiger partial charge on any atom is 0.211 e. The van der Waals surface area contributed by atoms with Gasteiger partial charge in [0.1, 0.15) is 11.5 Å². The van der Waals surface area contributed by atoms with Crippen LogP contribution in [-0.4, -0.2) is 23.0 Å². The molecule has 1 nitrogen and oxygen atoms in total. The Morgan fingerprint density at radius 1 is 1.22 bits per heavy atom. The van der Waals surface area contributed by atoms with E-state index in [-0.39, 0.29) is 0 Å². The summed E-state index contributed by atoms with van der Waals surface area (Å²) >= 11 is 0. The first-order chi connectivity index (χ1) is 8.70. The van der Waals surface area contributed by atoms with E-state index in [0.717, 1.165) is 17.7 Å². The molecule has 18 heavy (non-hydrogen) atoms. The lowest BCUT2D eigenvalue weighted by Crippen LogP contribution is -2.17. The molecule has 1 aromatic carbocycles. The predicted octanol–water partition coefficient (Wildman–Crippen LogP) is 3.79. The van der Waals surface area contributed by atoms with Crippen LogP contribution in [0.5, 0.6) is 0 Å². The normalized spacial score (nSPS) is 17.9. The fourth-order valence-electron chi connectivity index (χ4n) is 2.36. The Morgan fingerprint density at radius 2 is 1.83 bits per heavy atom. The first-order valence-electron chi connectivity index (χ1n) is 6.98. The largest absolute Gasteiger partial charge is 0.289 e. The zero-order valence-electron chi connectivity index (χ0n) is 11.4. The fourth-order valence-corrected chi connectivity index (χ4v) is 4.62.